The molecule has 1 N–H and O–H groups in total. The molecule has 1 aliphatic rings. The monoisotopic (exact) mass is 137 g/mol. The first-order valence-corrected chi connectivity index (χ1v) is 4.02. The lowest BCUT2D eigenvalue weighted by Gasteiger charge is -2.06. The van der Waals surface area contributed by atoms with Crippen molar-refractivity contribution in [3.05, 3.63) is 23.9 Å². The number of allylic oxidation sites excluding steroid dienone is 2. The average Bonchev–Trinajstić information content (AvgIpc) is 2.03. The van der Waals surface area contributed by atoms with Gasteiger partial charge in [0.1, 0.15) is 0 Å². The van der Waals surface area contributed by atoms with Crippen molar-refractivity contribution in [2.75, 3.05) is 6.54 Å². The summed E-state index contributed by atoms with van der Waals surface area (Å²) in [6.45, 7) is 3.24. The van der Waals surface area contributed by atoms with Gasteiger partial charge in [-0.2, -0.15) is 0 Å². The van der Waals surface area contributed by atoms with E-state index in [1.165, 1.54) is 24.8 Å². The third-order valence-corrected chi connectivity index (χ3v) is 1.72. The smallest absolute Gasteiger partial charge is 0.0330 e. The Morgan fingerprint density at radius 1 is 1.60 bits per heavy atom. The van der Waals surface area contributed by atoms with Crippen LogP contribution in [0.15, 0.2) is 23.9 Å². The SMILES string of the molecule is CCCCC1=CCNC=C1. The van der Waals surface area contributed by atoms with Gasteiger partial charge in [-0.05, 0) is 30.7 Å². The number of rotatable bonds is 3. The summed E-state index contributed by atoms with van der Waals surface area (Å²) in [6.07, 6.45) is 10.3. The number of dihydropyridines is 1. The lowest BCUT2D eigenvalue weighted by molar-refractivity contribution is 0.787. The summed E-state index contributed by atoms with van der Waals surface area (Å²) in [5.41, 5.74) is 1.49. The van der Waals surface area contributed by atoms with Gasteiger partial charge in [0.25, 0.3) is 0 Å². The van der Waals surface area contributed by atoms with E-state index in [2.05, 4.69) is 24.4 Å². The van der Waals surface area contributed by atoms with E-state index >= 15 is 0 Å². The lowest BCUT2D eigenvalue weighted by Crippen LogP contribution is -2.08. The predicted octanol–water partition coefficient (Wildman–Crippen LogP) is 2.22. The van der Waals surface area contributed by atoms with Gasteiger partial charge in [-0.1, -0.05) is 19.4 Å². The minimum atomic E-state index is 1.01. The first-order valence-electron chi connectivity index (χ1n) is 4.02. The number of nitrogens with one attached hydrogen (secondary N) is 1. The molecule has 1 aliphatic heterocycles. The molecule has 1 heterocycles. The van der Waals surface area contributed by atoms with E-state index in [0.29, 0.717) is 0 Å². The standard InChI is InChI=1S/C9H15N/c1-2-3-4-9-5-7-10-8-6-9/h5-7,10H,2-4,8H2,1H3. The quantitative estimate of drug-likeness (QED) is 0.629. The third kappa shape index (κ3) is 2.26. The summed E-state index contributed by atoms with van der Waals surface area (Å²) in [5, 5.41) is 3.13. The fourth-order valence-corrected chi connectivity index (χ4v) is 1.06. The summed E-state index contributed by atoms with van der Waals surface area (Å²) in [5.74, 6) is 0. The van der Waals surface area contributed by atoms with Gasteiger partial charge in [0, 0.05) is 6.54 Å². The van der Waals surface area contributed by atoms with E-state index in [1.807, 2.05) is 6.20 Å². The zero-order valence-corrected chi connectivity index (χ0v) is 6.56. The summed E-state index contributed by atoms with van der Waals surface area (Å²) in [4.78, 5) is 0. The second-order valence-corrected chi connectivity index (χ2v) is 2.62. The maximum atomic E-state index is 3.13. The molecule has 0 aromatic heterocycles. The molecular formula is C9H15N. The van der Waals surface area contributed by atoms with Gasteiger partial charge in [-0.3, -0.25) is 0 Å². The maximum absolute atomic E-state index is 3.13. The molecule has 0 atom stereocenters. The van der Waals surface area contributed by atoms with Crippen LogP contribution < -0.4 is 5.32 Å². The first kappa shape index (κ1) is 7.39. The molecule has 0 bridgehead atoms. The highest BCUT2D eigenvalue weighted by atomic mass is 14.8. The lowest BCUT2D eigenvalue weighted by atomic mass is 10.1. The van der Waals surface area contributed by atoms with Crippen LogP contribution in [0, 0.1) is 0 Å². The van der Waals surface area contributed by atoms with Gasteiger partial charge >= 0.3 is 0 Å². The maximum Gasteiger partial charge on any atom is 0.0330 e. The topological polar surface area (TPSA) is 12.0 Å². The fourth-order valence-electron chi connectivity index (χ4n) is 1.06. The molecule has 0 aromatic carbocycles. The van der Waals surface area contributed by atoms with Crippen molar-refractivity contribution in [2.45, 2.75) is 26.2 Å². The van der Waals surface area contributed by atoms with Gasteiger partial charge in [0.15, 0.2) is 0 Å². The molecule has 0 saturated carbocycles. The summed E-state index contributed by atoms with van der Waals surface area (Å²) in [7, 11) is 0. The van der Waals surface area contributed by atoms with Gasteiger partial charge < -0.3 is 5.32 Å². The molecule has 0 fully saturated rings. The van der Waals surface area contributed by atoms with E-state index in [1.54, 1.807) is 0 Å². The minimum absolute atomic E-state index is 1.01. The average molecular weight is 137 g/mol. The first-order chi connectivity index (χ1) is 4.93. The van der Waals surface area contributed by atoms with E-state index in [-0.39, 0.29) is 0 Å². The van der Waals surface area contributed by atoms with Crippen molar-refractivity contribution in [1.29, 1.82) is 0 Å². The molecule has 0 aromatic rings. The van der Waals surface area contributed by atoms with Crippen LogP contribution in [0.1, 0.15) is 26.2 Å². The van der Waals surface area contributed by atoms with Crippen LogP contribution in [-0.2, 0) is 0 Å². The molecule has 1 rings (SSSR count). The molecule has 0 saturated heterocycles. The Morgan fingerprint density at radius 2 is 2.50 bits per heavy atom. The van der Waals surface area contributed by atoms with E-state index < -0.39 is 0 Å². The van der Waals surface area contributed by atoms with Crippen LogP contribution in [0.25, 0.3) is 0 Å². The zero-order valence-electron chi connectivity index (χ0n) is 6.56. The van der Waals surface area contributed by atoms with Crippen molar-refractivity contribution >= 4 is 0 Å². The summed E-state index contributed by atoms with van der Waals surface area (Å²) < 4.78 is 0. The van der Waals surface area contributed by atoms with Crippen LogP contribution in [0.4, 0.5) is 0 Å². The Labute approximate surface area is 62.8 Å². The van der Waals surface area contributed by atoms with Crippen LogP contribution in [-0.4, -0.2) is 6.54 Å². The predicted molar refractivity (Wildman–Crippen MR) is 44.8 cm³/mol. The molecule has 56 valence electrons. The van der Waals surface area contributed by atoms with Crippen LogP contribution in [0.3, 0.4) is 0 Å². The van der Waals surface area contributed by atoms with E-state index in [9.17, 15) is 0 Å². The minimum Gasteiger partial charge on any atom is -0.387 e. The van der Waals surface area contributed by atoms with Crippen LogP contribution >= 0.6 is 0 Å². The van der Waals surface area contributed by atoms with Crippen molar-refractivity contribution in [1.82, 2.24) is 5.32 Å². The fraction of sp³-hybridized carbons (Fsp3) is 0.556. The van der Waals surface area contributed by atoms with Crippen LogP contribution in [0.5, 0.6) is 0 Å². The molecule has 0 aliphatic carbocycles. The second-order valence-electron chi connectivity index (χ2n) is 2.62. The second kappa shape index (κ2) is 4.15. The van der Waals surface area contributed by atoms with E-state index in [4.69, 9.17) is 0 Å². The van der Waals surface area contributed by atoms with Crippen molar-refractivity contribution in [3.8, 4) is 0 Å². The Balaban J connectivity index is 2.26. The number of hydrogen-bond donors (Lipinski definition) is 1. The Kier molecular flexibility index (Phi) is 3.07. The third-order valence-electron chi connectivity index (χ3n) is 1.72. The Hall–Kier alpha value is -0.720. The molecule has 0 amide bonds. The van der Waals surface area contributed by atoms with Crippen molar-refractivity contribution in [2.24, 2.45) is 0 Å². The van der Waals surface area contributed by atoms with Gasteiger partial charge in [0.05, 0.1) is 0 Å². The molecule has 10 heavy (non-hydrogen) atoms. The number of hydrogen-bond acceptors (Lipinski definition) is 1. The molecule has 0 radical (unpaired) electrons. The van der Waals surface area contributed by atoms with Gasteiger partial charge in [-0.25, -0.2) is 0 Å². The Morgan fingerprint density at radius 3 is 3.10 bits per heavy atom. The molecule has 0 unspecified atom stereocenters. The van der Waals surface area contributed by atoms with Crippen LogP contribution in [0.2, 0.25) is 0 Å². The molecule has 1 nitrogen and oxygen atoms in total. The normalized spacial score (nSPS) is 16.3. The summed E-state index contributed by atoms with van der Waals surface area (Å²) >= 11 is 0. The van der Waals surface area contributed by atoms with Crippen molar-refractivity contribution in [3.63, 3.8) is 0 Å². The Bertz CT molecular complexity index is 145. The highest BCUT2D eigenvalue weighted by molar-refractivity contribution is 5.21. The molecule has 1 heteroatoms. The van der Waals surface area contributed by atoms with E-state index in [0.717, 1.165) is 6.54 Å². The van der Waals surface area contributed by atoms with Crippen molar-refractivity contribution < 1.29 is 0 Å². The molecule has 0 spiro atoms. The highest BCUT2D eigenvalue weighted by Gasteiger charge is 1.94. The van der Waals surface area contributed by atoms with Gasteiger partial charge in [-0.15, -0.1) is 0 Å². The largest absolute Gasteiger partial charge is 0.387 e. The summed E-state index contributed by atoms with van der Waals surface area (Å²) in [6, 6.07) is 0. The molecular weight excluding hydrogens is 122 g/mol. The zero-order chi connectivity index (χ0) is 7.23. The number of unbranched alkanes of at least 4 members (excludes halogenated alkanes) is 1. The highest BCUT2D eigenvalue weighted by Crippen LogP contribution is 2.09. The van der Waals surface area contributed by atoms with Gasteiger partial charge in [0.2, 0.25) is 0 Å².